The van der Waals surface area contributed by atoms with E-state index in [1.807, 2.05) is 0 Å². The number of aromatic nitrogens is 2. The molecule has 2 rings (SSSR count). The summed E-state index contributed by atoms with van der Waals surface area (Å²) < 4.78 is 0. The smallest absolute Gasteiger partial charge is 0.0923 e. The first-order valence-corrected chi connectivity index (χ1v) is 6.82. The number of hydrogen-bond donors (Lipinski definition) is 1. The second-order valence-corrected chi connectivity index (χ2v) is 5.11. The quantitative estimate of drug-likeness (QED) is 0.772. The van der Waals surface area contributed by atoms with E-state index >= 15 is 0 Å². The van der Waals surface area contributed by atoms with Gasteiger partial charge in [0, 0.05) is 11.3 Å². The van der Waals surface area contributed by atoms with Crippen LogP contribution in [0.15, 0.2) is 24.3 Å². The zero-order valence-corrected chi connectivity index (χ0v) is 11.6. The highest BCUT2D eigenvalue weighted by atomic mass is 15.1. The molecule has 2 nitrogen and oxygen atoms in total. The molecule has 0 fully saturated rings. The molecule has 0 saturated heterocycles. The standard InChI is InChI=1S/C16H22N2/c1-4-5-6-7-15-11-16(18-17-15)14-9-12(2)8-13(3)10-14/h8-11H,4-7H2,1-3H3,(H,17,18). The van der Waals surface area contributed by atoms with Gasteiger partial charge in [0.05, 0.1) is 5.69 Å². The topological polar surface area (TPSA) is 28.7 Å². The Morgan fingerprint density at radius 2 is 1.72 bits per heavy atom. The Hall–Kier alpha value is -1.57. The Morgan fingerprint density at radius 1 is 1.00 bits per heavy atom. The van der Waals surface area contributed by atoms with Gasteiger partial charge in [-0.1, -0.05) is 37.0 Å². The minimum atomic E-state index is 1.06. The summed E-state index contributed by atoms with van der Waals surface area (Å²) in [5.74, 6) is 0. The highest BCUT2D eigenvalue weighted by molar-refractivity contribution is 5.61. The van der Waals surface area contributed by atoms with E-state index < -0.39 is 0 Å². The summed E-state index contributed by atoms with van der Waals surface area (Å²) in [5, 5.41) is 7.57. The molecule has 0 aliphatic rings. The minimum absolute atomic E-state index is 1.06. The first-order chi connectivity index (χ1) is 8.69. The summed E-state index contributed by atoms with van der Waals surface area (Å²) in [4.78, 5) is 0. The van der Waals surface area contributed by atoms with Crippen LogP contribution in [0.2, 0.25) is 0 Å². The van der Waals surface area contributed by atoms with Crippen molar-refractivity contribution >= 4 is 0 Å². The van der Waals surface area contributed by atoms with Crippen LogP contribution >= 0.6 is 0 Å². The van der Waals surface area contributed by atoms with E-state index in [2.05, 4.69) is 55.2 Å². The predicted octanol–water partition coefficient (Wildman–Crippen LogP) is 4.43. The van der Waals surface area contributed by atoms with E-state index in [1.165, 1.54) is 41.6 Å². The largest absolute Gasteiger partial charge is 0.282 e. The van der Waals surface area contributed by atoms with Gasteiger partial charge in [0.2, 0.25) is 0 Å². The summed E-state index contributed by atoms with van der Waals surface area (Å²) in [6.07, 6.45) is 4.90. The van der Waals surface area contributed by atoms with E-state index in [1.54, 1.807) is 0 Å². The van der Waals surface area contributed by atoms with Gasteiger partial charge in [0.1, 0.15) is 0 Å². The molecule has 0 amide bonds. The summed E-state index contributed by atoms with van der Waals surface area (Å²) in [7, 11) is 0. The van der Waals surface area contributed by atoms with Crippen LogP contribution in [-0.4, -0.2) is 10.2 Å². The molecular formula is C16H22N2. The fourth-order valence-electron chi connectivity index (χ4n) is 2.33. The van der Waals surface area contributed by atoms with Crippen LogP contribution in [-0.2, 0) is 6.42 Å². The highest BCUT2D eigenvalue weighted by Crippen LogP contribution is 2.21. The molecule has 0 spiro atoms. The lowest BCUT2D eigenvalue weighted by atomic mass is 10.0. The van der Waals surface area contributed by atoms with Crippen LogP contribution in [0.4, 0.5) is 0 Å². The van der Waals surface area contributed by atoms with Gasteiger partial charge < -0.3 is 0 Å². The Bertz CT molecular complexity index is 491. The van der Waals surface area contributed by atoms with Crippen molar-refractivity contribution in [3.8, 4) is 11.3 Å². The Labute approximate surface area is 109 Å². The average Bonchev–Trinajstić information content (AvgIpc) is 2.77. The van der Waals surface area contributed by atoms with Gasteiger partial charge in [-0.3, -0.25) is 5.10 Å². The molecule has 96 valence electrons. The van der Waals surface area contributed by atoms with Crippen molar-refractivity contribution in [2.45, 2.75) is 46.5 Å². The molecular weight excluding hydrogens is 220 g/mol. The second kappa shape index (κ2) is 5.85. The third kappa shape index (κ3) is 3.22. The van der Waals surface area contributed by atoms with Crippen LogP contribution in [0.5, 0.6) is 0 Å². The molecule has 2 aromatic rings. The summed E-state index contributed by atoms with van der Waals surface area (Å²) in [5.41, 5.74) is 6.11. The molecule has 0 saturated carbocycles. The lowest BCUT2D eigenvalue weighted by molar-refractivity contribution is 0.705. The number of unbranched alkanes of at least 4 members (excludes halogenated alkanes) is 2. The number of hydrogen-bond acceptors (Lipinski definition) is 1. The Morgan fingerprint density at radius 3 is 2.39 bits per heavy atom. The molecule has 0 bridgehead atoms. The first kappa shape index (κ1) is 12.9. The number of rotatable bonds is 5. The van der Waals surface area contributed by atoms with E-state index in [0.717, 1.165) is 12.1 Å². The summed E-state index contributed by atoms with van der Waals surface area (Å²) in [6.45, 7) is 6.49. The maximum atomic E-state index is 4.42. The molecule has 0 atom stereocenters. The molecule has 0 unspecified atom stereocenters. The number of benzene rings is 1. The van der Waals surface area contributed by atoms with Crippen LogP contribution < -0.4 is 0 Å². The molecule has 1 aromatic carbocycles. The molecule has 1 N–H and O–H groups in total. The number of aromatic amines is 1. The van der Waals surface area contributed by atoms with Crippen molar-refractivity contribution in [2.24, 2.45) is 0 Å². The van der Waals surface area contributed by atoms with Gasteiger partial charge in [-0.05, 0) is 44.9 Å². The lowest BCUT2D eigenvalue weighted by Gasteiger charge is -2.01. The van der Waals surface area contributed by atoms with Crippen molar-refractivity contribution in [2.75, 3.05) is 0 Å². The maximum Gasteiger partial charge on any atom is 0.0923 e. The Balaban J connectivity index is 2.13. The number of aryl methyl sites for hydroxylation is 3. The van der Waals surface area contributed by atoms with E-state index in [-0.39, 0.29) is 0 Å². The molecule has 18 heavy (non-hydrogen) atoms. The van der Waals surface area contributed by atoms with Crippen LogP contribution in [0, 0.1) is 13.8 Å². The average molecular weight is 242 g/mol. The van der Waals surface area contributed by atoms with Crippen molar-refractivity contribution in [1.29, 1.82) is 0 Å². The number of nitrogens with zero attached hydrogens (tertiary/aromatic N) is 1. The normalized spacial score (nSPS) is 10.8. The lowest BCUT2D eigenvalue weighted by Crippen LogP contribution is -1.84. The SMILES string of the molecule is CCCCCc1cc(-c2cc(C)cc(C)c2)n[nH]1. The van der Waals surface area contributed by atoms with Gasteiger partial charge in [-0.15, -0.1) is 0 Å². The van der Waals surface area contributed by atoms with Crippen molar-refractivity contribution < 1.29 is 0 Å². The van der Waals surface area contributed by atoms with Crippen molar-refractivity contribution in [3.63, 3.8) is 0 Å². The number of H-pyrrole nitrogens is 1. The van der Waals surface area contributed by atoms with E-state index in [4.69, 9.17) is 0 Å². The molecule has 1 heterocycles. The van der Waals surface area contributed by atoms with Gasteiger partial charge in [0.25, 0.3) is 0 Å². The highest BCUT2D eigenvalue weighted by Gasteiger charge is 2.05. The predicted molar refractivity (Wildman–Crippen MR) is 76.7 cm³/mol. The molecule has 0 aliphatic heterocycles. The van der Waals surface area contributed by atoms with E-state index in [0.29, 0.717) is 0 Å². The third-order valence-corrected chi connectivity index (χ3v) is 3.20. The maximum absolute atomic E-state index is 4.42. The second-order valence-electron chi connectivity index (χ2n) is 5.11. The molecule has 2 heteroatoms. The molecule has 0 radical (unpaired) electrons. The third-order valence-electron chi connectivity index (χ3n) is 3.20. The zero-order valence-electron chi connectivity index (χ0n) is 11.6. The van der Waals surface area contributed by atoms with E-state index in [9.17, 15) is 0 Å². The fourth-order valence-corrected chi connectivity index (χ4v) is 2.33. The van der Waals surface area contributed by atoms with Crippen LogP contribution in [0.3, 0.4) is 0 Å². The van der Waals surface area contributed by atoms with Gasteiger partial charge in [-0.2, -0.15) is 5.10 Å². The zero-order chi connectivity index (χ0) is 13.0. The minimum Gasteiger partial charge on any atom is -0.282 e. The summed E-state index contributed by atoms with van der Waals surface area (Å²) >= 11 is 0. The first-order valence-electron chi connectivity index (χ1n) is 6.82. The molecule has 1 aromatic heterocycles. The molecule has 0 aliphatic carbocycles. The van der Waals surface area contributed by atoms with Crippen molar-refractivity contribution in [1.82, 2.24) is 10.2 Å². The fraction of sp³-hybridized carbons (Fsp3) is 0.438. The van der Waals surface area contributed by atoms with Crippen LogP contribution in [0.25, 0.3) is 11.3 Å². The number of nitrogens with one attached hydrogen (secondary N) is 1. The van der Waals surface area contributed by atoms with Gasteiger partial charge >= 0.3 is 0 Å². The van der Waals surface area contributed by atoms with Crippen molar-refractivity contribution in [3.05, 3.63) is 41.1 Å². The van der Waals surface area contributed by atoms with Crippen LogP contribution in [0.1, 0.15) is 43.0 Å². The monoisotopic (exact) mass is 242 g/mol. The Kier molecular flexibility index (Phi) is 4.19. The van der Waals surface area contributed by atoms with Gasteiger partial charge in [0.15, 0.2) is 0 Å². The summed E-state index contributed by atoms with van der Waals surface area (Å²) in [6, 6.07) is 8.76. The van der Waals surface area contributed by atoms with Gasteiger partial charge in [-0.25, -0.2) is 0 Å².